The lowest BCUT2D eigenvalue weighted by Gasteiger charge is -2.37. The summed E-state index contributed by atoms with van der Waals surface area (Å²) < 4.78 is 4.76. The van der Waals surface area contributed by atoms with Gasteiger partial charge in [0.1, 0.15) is 0 Å². The van der Waals surface area contributed by atoms with E-state index in [4.69, 9.17) is 4.74 Å². The molecule has 1 aliphatic carbocycles. The molecule has 4 nitrogen and oxygen atoms in total. The van der Waals surface area contributed by atoms with Gasteiger partial charge in [-0.1, -0.05) is 45.2 Å². The lowest BCUT2D eigenvalue weighted by atomic mass is 9.69. The minimum absolute atomic E-state index is 0.0461. The first-order chi connectivity index (χ1) is 11.4. The van der Waals surface area contributed by atoms with E-state index in [0.29, 0.717) is 23.6 Å². The summed E-state index contributed by atoms with van der Waals surface area (Å²) in [5.74, 6) is 0.227. The second-order valence-electron chi connectivity index (χ2n) is 7.41. The molecule has 1 aromatic carbocycles. The highest BCUT2D eigenvalue weighted by Gasteiger charge is 2.30. The molecule has 0 aromatic heterocycles. The van der Waals surface area contributed by atoms with Crippen molar-refractivity contribution in [2.24, 2.45) is 11.3 Å². The molecule has 0 unspecified atom stereocenters. The summed E-state index contributed by atoms with van der Waals surface area (Å²) in [6.45, 7) is 4.55. The Bertz CT molecular complexity index is 574. The van der Waals surface area contributed by atoms with E-state index >= 15 is 0 Å². The molecule has 0 atom stereocenters. The van der Waals surface area contributed by atoms with Gasteiger partial charge >= 0.3 is 5.97 Å². The van der Waals surface area contributed by atoms with Gasteiger partial charge in [-0.25, -0.2) is 4.79 Å². The Morgan fingerprint density at radius 3 is 2.50 bits per heavy atom. The molecule has 0 bridgehead atoms. The lowest BCUT2D eigenvalue weighted by Crippen LogP contribution is -2.28. The summed E-state index contributed by atoms with van der Waals surface area (Å²) in [7, 11) is 1.34. The van der Waals surface area contributed by atoms with Gasteiger partial charge in [0.2, 0.25) is 5.91 Å². The summed E-state index contributed by atoms with van der Waals surface area (Å²) >= 11 is 0. The molecule has 1 N–H and O–H groups in total. The van der Waals surface area contributed by atoms with E-state index in [9.17, 15) is 9.59 Å². The number of anilines is 1. The number of amides is 1. The van der Waals surface area contributed by atoms with Crippen LogP contribution < -0.4 is 5.32 Å². The number of carbonyl (C=O) groups is 2. The second-order valence-corrected chi connectivity index (χ2v) is 7.41. The average Bonchev–Trinajstić information content (AvgIpc) is 2.60. The highest BCUT2D eigenvalue weighted by atomic mass is 16.5. The Morgan fingerprint density at radius 1 is 1.17 bits per heavy atom. The van der Waals surface area contributed by atoms with Crippen LogP contribution in [0, 0.1) is 11.3 Å². The van der Waals surface area contributed by atoms with Crippen LogP contribution >= 0.6 is 0 Å². The van der Waals surface area contributed by atoms with Crippen LogP contribution in [0.2, 0.25) is 0 Å². The quantitative estimate of drug-likeness (QED) is 0.762. The number of benzene rings is 1. The molecule has 24 heavy (non-hydrogen) atoms. The maximum atomic E-state index is 12.3. The standard InChI is InChI=1S/C20H29NO3/c1-20(2,15-9-5-4-6-10-15)14-13-18(22)21-17-12-8-7-11-16(17)19(23)24-3/h7-8,11-12,15H,4-6,9-10,13-14H2,1-3H3,(H,21,22). The van der Waals surface area contributed by atoms with Crippen LogP contribution in [0.15, 0.2) is 24.3 Å². The normalized spacial score (nSPS) is 15.8. The van der Waals surface area contributed by atoms with Crippen LogP contribution in [0.1, 0.15) is 69.2 Å². The van der Waals surface area contributed by atoms with Crippen molar-refractivity contribution in [1.82, 2.24) is 0 Å². The van der Waals surface area contributed by atoms with Crippen molar-refractivity contribution in [1.29, 1.82) is 0 Å². The van der Waals surface area contributed by atoms with Crippen molar-refractivity contribution in [3.8, 4) is 0 Å². The molecule has 0 radical (unpaired) electrons. The van der Waals surface area contributed by atoms with Crippen LogP contribution in [-0.2, 0) is 9.53 Å². The summed E-state index contributed by atoms with van der Waals surface area (Å²) in [6.07, 6.45) is 7.86. The van der Waals surface area contributed by atoms with Gasteiger partial charge in [0.05, 0.1) is 18.4 Å². The SMILES string of the molecule is COC(=O)c1ccccc1NC(=O)CCC(C)(C)C1CCCCC1. The number of para-hydroxylation sites is 1. The summed E-state index contributed by atoms with van der Waals surface area (Å²) in [6, 6.07) is 6.95. The summed E-state index contributed by atoms with van der Waals surface area (Å²) in [4.78, 5) is 24.1. The van der Waals surface area contributed by atoms with Gasteiger partial charge in [-0.05, 0) is 42.7 Å². The predicted octanol–water partition coefficient (Wildman–Crippen LogP) is 4.80. The fourth-order valence-corrected chi connectivity index (χ4v) is 3.62. The van der Waals surface area contributed by atoms with E-state index in [-0.39, 0.29) is 11.3 Å². The number of hydrogen-bond acceptors (Lipinski definition) is 3. The highest BCUT2D eigenvalue weighted by molar-refractivity contribution is 6.01. The molecule has 2 rings (SSSR count). The molecule has 1 aromatic rings. The first kappa shape index (κ1) is 18.5. The van der Waals surface area contributed by atoms with Crippen LogP contribution in [0.5, 0.6) is 0 Å². The van der Waals surface area contributed by atoms with E-state index in [1.807, 2.05) is 0 Å². The zero-order valence-electron chi connectivity index (χ0n) is 15.1. The third-order valence-electron chi connectivity index (χ3n) is 5.31. The Balaban J connectivity index is 1.93. The highest BCUT2D eigenvalue weighted by Crippen LogP contribution is 2.41. The number of methoxy groups -OCH3 is 1. The number of rotatable bonds is 6. The van der Waals surface area contributed by atoms with Crippen LogP contribution in [-0.4, -0.2) is 19.0 Å². The monoisotopic (exact) mass is 331 g/mol. The third kappa shape index (κ3) is 4.83. The number of hydrogen-bond donors (Lipinski definition) is 1. The zero-order chi connectivity index (χ0) is 17.6. The predicted molar refractivity (Wildman–Crippen MR) is 96.0 cm³/mol. The first-order valence-corrected chi connectivity index (χ1v) is 8.91. The minimum atomic E-state index is -0.437. The largest absolute Gasteiger partial charge is 0.465 e. The Kier molecular flexibility index (Phi) is 6.41. The Morgan fingerprint density at radius 2 is 1.83 bits per heavy atom. The van der Waals surface area contributed by atoms with Gasteiger partial charge < -0.3 is 10.1 Å². The lowest BCUT2D eigenvalue weighted by molar-refractivity contribution is -0.116. The van der Waals surface area contributed by atoms with E-state index in [2.05, 4.69) is 19.2 Å². The van der Waals surface area contributed by atoms with E-state index in [1.165, 1.54) is 39.2 Å². The first-order valence-electron chi connectivity index (χ1n) is 8.91. The zero-order valence-corrected chi connectivity index (χ0v) is 15.1. The molecule has 1 aliphatic rings. The summed E-state index contributed by atoms with van der Waals surface area (Å²) in [5.41, 5.74) is 1.09. The maximum absolute atomic E-state index is 12.3. The van der Waals surface area contributed by atoms with Crippen molar-refractivity contribution in [3.63, 3.8) is 0 Å². The molecule has 0 saturated heterocycles. The van der Waals surface area contributed by atoms with Gasteiger partial charge in [0.25, 0.3) is 0 Å². The molecule has 0 aliphatic heterocycles. The van der Waals surface area contributed by atoms with Crippen molar-refractivity contribution >= 4 is 17.6 Å². The molecule has 0 spiro atoms. The van der Waals surface area contributed by atoms with Crippen molar-refractivity contribution in [2.45, 2.75) is 58.8 Å². The molecule has 0 heterocycles. The molecule has 1 saturated carbocycles. The number of carbonyl (C=O) groups excluding carboxylic acids is 2. The smallest absolute Gasteiger partial charge is 0.339 e. The maximum Gasteiger partial charge on any atom is 0.339 e. The van der Waals surface area contributed by atoms with Gasteiger partial charge in [-0.15, -0.1) is 0 Å². The van der Waals surface area contributed by atoms with Crippen molar-refractivity contribution in [3.05, 3.63) is 29.8 Å². The fraction of sp³-hybridized carbons (Fsp3) is 0.600. The van der Waals surface area contributed by atoms with Crippen LogP contribution in [0.4, 0.5) is 5.69 Å². The van der Waals surface area contributed by atoms with E-state index in [1.54, 1.807) is 24.3 Å². The summed E-state index contributed by atoms with van der Waals surface area (Å²) in [5, 5.41) is 2.86. The van der Waals surface area contributed by atoms with Crippen LogP contribution in [0.3, 0.4) is 0 Å². The van der Waals surface area contributed by atoms with Gasteiger partial charge in [0.15, 0.2) is 0 Å². The Labute approximate surface area is 145 Å². The molecule has 4 heteroatoms. The number of ether oxygens (including phenoxy) is 1. The third-order valence-corrected chi connectivity index (χ3v) is 5.31. The Hall–Kier alpha value is -1.84. The van der Waals surface area contributed by atoms with Gasteiger partial charge in [0, 0.05) is 6.42 Å². The molecule has 132 valence electrons. The molecule has 1 amide bonds. The van der Waals surface area contributed by atoms with Crippen molar-refractivity contribution in [2.75, 3.05) is 12.4 Å². The van der Waals surface area contributed by atoms with Crippen LogP contribution in [0.25, 0.3) is 0 Å². The van der Waals surface area contributed by atoms with Crippen molar-refractivity contribution < 1.29 is 14.3 Å². The number of nitrogens with one attached hydrogen (secondary N) is 1. The van der Waals surface area contributed by atoms with Gasteiger partial charge in [-0.3, -0.25) is 4.79 Å². The average molecular weight is 331 g/mol. The second kappa shape index (κ2) is 8.32. The molecular formula is C20H29NO3. The minimum Gasteiger partial charge on any atom is -0.465 e. The molecule has 1 fully saturated rings. The molecular weight excluding hydrogens is 302 g/mol. The fourth-order valence-electron chi connectivity index (χ4n) is 3.62. The van der Waals surface area contributed by atoms with E-state index in [0.717, 1.165) is 6.42 Å². The number of esters is 1. The van der Waals surface area contributed by atoms with E-state index < -0.39 is 5.97 Å². The van der Waals surface area contributed by atoms with Gasteiger partial charge in [-0.2, -0.15) is 0 Å². The topological polar surface area (TPSA) is 55.4 Å².